The summed E-state index contributed by atoms with van der Waals surface area (Å²) >= 11 is 5.81. The number of carbonyl (C=O) groups is 2. The zero-order valence-electron chi connectivity index (χ0n) is 11.4. The largest absolute Gasteiger partial charge is 0.467 e. The predicted octanol–water partition coefficient (Wildman–Crippen LogP) is 2.79. The molecule has 1 fully saturated rings. The quantitative estimate of drug-likeness (QED) is 0.622. The fourth-order valence-electron chi connectivity index (χ4n) is 2.40. The van der Waals surface area contributed by atoms with E-state index in [1.807, 2.05) is 0 Å². The van der Waals surface area contributed by atoms with Gasteiger partial charge in [0.05, 0.1) is 17.7 Å². The molecule has 4 nitrogen and oxygen atoms in total. The minimum Gasteiger partial charge on any atom is -0.467 e. The van der Waals surface area contributed by atoms with Crippen LogP contribution in [0.2, 0.25) is 5.02 Å². The van der Waals surface area contributed by atoms with Crippen molar-refractivity contribution in [2.75, 3.05) is 13.7 Å². The molecule has 7 heteroatoms. The second kappa shape index (κ2) is 6.39. The van der Waals surface area contributed by atoms with Gasteiger partial charge in [-0.2, -0.15) is 0 Å². The van der Waals surface area contributed by atoms with Crippen LogP contribution in [0, 0.1) is 11.6 Å². The Balaban J connectivity index is 2.33. The number of nitrogens with zero attached hydrogens (tertiary/aromatic N) is 1. The number of likely N-dealkylation sites (tertiary alicyclic amines) is 1. The maximum Gasteiger partial charge on any atom is 0.328 e. The first-order valence-electron chi connectivity index (χ1n) is 6.49. The Labute approximate surface area is 125 Å². The molecule has 1 heterocycles. The van der Waals surface area contributed by atoms with Gasteiger partial charge < -0.3 is 9.64 Å². The molecule has 114 valence electrons. The summed E-state index contributed by atoms with van der Waals surface area (Å²) in [4.78, 5) is 25.5. The summed E-state index contributed by atoms with van der Waals surface area (Å²) in [7, 11) is 1.24. The molecule has 1 amide bonds. The van der Waals surface area contributed by atoms with Gasteiger partial charge in [-0.05, 0) is 31.4 Å². The molecule has 1 aromatic carbocycles. The van der Waals surface area contributed by atoms with Crippen LogP contribution in [0.3, 0.4) is 0 Å². The molecule has 0 saturated carbocycles. The lowest BCUT2D eigenvalue weighted by Gasteiger charge is -2.34. The number of piperidine rings is 1. The molecule has 1 saturated heterocycles. The van der Waals surface area contributed by atoms with E-state index in [0.717, 1.165) is 25.0 Å². The Morgan fingerprint density at radius 1 is 1.29 bits per heavy atom. The van der Waals surface area contributed by atoms with Crippen molar-refractivity contribution in [2.45, 2.75) is 25.3 Å². The van der Waals surface area contributed by atoms with Gasteiger partial charge in [0, 0.05) is 6.54 Å². The number of halogens is 3. The van der Waals surface area contributed by atoms with Crippen LogP contribution in [-0.2, 0) is 9.53 Å². The third-order valence-electron chi connectivity index (χ3n) is 3.48. The van der Waals surface area contributed by atoms with Gasteiger partial charge in [0.2, 0.25) is 0 Å². The van der Waals surface area contributed by atoms with Crippen LogP contribution in [0.15, 0.2) is 12.1 Å². The van der Waals surface area contributed by atoms with Crippen LogP contribution in [0.5, 0.6) is 0 Å². The molecule has 21 heavy (non-hydrogen) atoms. The molecule has 0 N–H and O–H groups in total. The molecule has 0 spiro atoms. The first-order valence-corrected chi connectivity index (χ1v) is 6.87. The Bertz CT molecular complexity index is 580. The zero-order valence-corrected chi connectivity index (χ0v) is 12.1. The molecule has 0 aliphatic carbocycles. The van der Waals surface area contributed by atoms with Crippen LogP contribution in [0.4, 0.5) is 8.78 Å². The lowest BCUT2D eigenvalue weighted by atomic mass is 10.0. The van der Waals surface area contributed by atoms with Crippen LogP contribution in [0.25, 0.3) is 0 Å². The normalized spacial score (nSPS) is 18.5. The average Bonchev–Trinajstić information content (AvgIpc) is 2.49. The van der Waals surface area contributed by atoms with E-state index in [-0.39, 0.29) is 10.6 Å². The SMILES string of the molecule is COC(=O)C1CCCCN1C(=O)c1cc(F)c(F)cc1Cl. The summed E-state index contributed by atoms with van der Waals surface area (Å²) in [6.45, 7) is 0.341. The number of ether oxygens (including phenoxy) is 1. The highest BCUT2D eigenvalue weighted by Crippen LogP contribution is 2.25. The highest BCUT2D eigenvalue weighted by molar-refractivity contribution is 6.33. The maximum absolute atomic E-state index is 13.3. The van der Waals surface area contributed by atoms with E-state index < -0.39 is 29.6 Å². The lowest BCUT2D eigenvalue weighted by Crippen LogP contribution is -2.48. The molecule has 1 aliphatic heterocycles. The van der Waals surface area contributed by atoms with E-state index in [2.05, 4.69) is 4.74 Å². The van der Waals surface area contributed by atoms with Crippen molar-refractivity contribution in [3.8, 4) is 0 Å². The van der Waals surface area contributed by atoms with Crippen LogP contribution < -0.4 is 0 Å². The third-order valence-corrected chi connectivity index (χ3v) is 3.79. The van der Waals surface area contributed by atoms with Crippen LogP contribution >= 0.6 is 11.6 Å². The molecule has 0 bridgehead atoms. The summed E-state index contributed by atoms with van der Waals surface area (Å²) in [5.74, 6) is -3.41. The van der Waals surface area contributed by atoms with Gasteiger partial charge in [-0.15, -0.1) is 0 Å². The van der Waals surface area contributed by atoms with Crippen molar-refractivity contribution in [3.63, 3.8) is 0 Å². The number of amides is 1. The van der Waals surface area contributed by atoms with E-state index in [0.29, 0.717) is 13.0 Å². The Hall–Kier alpha value is -1.69. The standard InChI is InChI=1S/C14H14ClF2NO3/c1-21-14(20)12-4-2-3-5-18(12)13(19)8-6-10(16)11(17)7-9(8)15/h6-7,12H,2-5H2,1H3. The molecular weight excluding hydrogens is 304 g/mol. The number of benzene rings is 1. The summed E-state index contributed by atoms with van der Waals surface area (Å²) in [6, 6.07) is 0.782. The first-order chi connectivity index (χ1) is 9.95. The monoisotopic (exact) mass is 317 g/mol. The van der Waals surface area contributed by atoms with Gasteiger partial charge in [-0.1, -0.05) is 11.6 Å². The number of rotatable bonds is 2. The summed E-state index contributed by atoms with van der Waals surface area (Å²) in [5.41, 5.74) is -0.161. The lowest BCUT2D eigenvalue weighted by molar-refractivity contribution is -0.147. The molecule has 1 aliphatic rings. The fraction of sp³-hybridized carbons (Fsp3) is 0.429. The van der Waals surface area contributed by atoms with Crippen LogP contribution in [-0.4, -0.2) is 36.5 Å². The Kier molecular flexibility index (Phi) is 4.77. The van der Waals surface area contributed by atoms with Crippen molar-refractivity contribution in [1.82, 2.24) is 4.90 Å². The van der Waals surface area contributed by atoms with E-state index in [9.17, 15) is 18.4 Å². The number of hydrogen-bond donors (Lipinski definition) is 0. The topological polar surface area (TPSA) is 46.6 Å². The van der Waals surface area contributed by atoms with Crippen LogP contribution in [0.1, 0.15) is 29.6 Å². The highest BCUT2D eigenvalue weighted by Gasteiger charge is 2.34. The number of esters is 1. The molecule has 1 aromatic rings. The molecule has 0 radical (unpaired) electrons. The van der Waals surface area contributed by atoms with E-state index >= 15 is 0 Å². The van der Waals surface area contributed by atoms with Gasteiger partial charge in [-0.25, -0.2) is 13.6 Å². The third kappa shape index (κ3) is 3.15. The molecule has 2 rings (SSSR count). The van der Waals surface area contributed by atoms with Gasteiger partial charge in [0.1, 0.15) is 6.04 Å². The van der Waals surface area contributed by atoms with Crippen molar-refractivity contribution in [1.29, 1.82) is 0 Å². The van der Waals surface area contributed by atoms with Crippen molar-refractivity contribution in [3.05, 3.63) is 34.4 Å². The van der Waals surface area contributed by atoms with Crippen molar-refractivity contribution < 1.29 is 23.1 Å². The fourth-order valence-corrected chi connectivity index (χ4v) is 2.63. The van der Waals surface area contributed by atoms with E-state index in [4.69, 9.17) is 11.6 Å². The Morgan fingerprint density at radius 3 is 2.62 bits per heavy atom. The van der Waals surface area contributed by atoms with Gasteiger partial charge >= 0.3 is 5.97 Å². The van der Waals surface area contributed by atoms with E-state index in [1.165, 1.54) is 12.0 Å². The summed E-state index contributed by atoms with van der Waals surface area (Å²) in [6.07, 6.45) is 1.98. The van der Waals surface area contributed by atoms with Crippen molar-refractivity contribution in [2.24, 2.45) is 0 Å². The second-order valence-corrected chi connectivity index (χ2v) is 5.19. The zero-order chi connectivity index (χ0) is 15.6. The number of methoxy groups -OCH3 is 1. The van der Waals surface area contributed by atoms with E-state index in [1.54, 1.807) is 0 Å². The minimum atomic E-state index is -1.16. The first kappa shape index (κ1) is 15.7. The maximum atomic E-state index is 13.3. The van der Waals surface area contributed by atoms with Gasteiger partial charge in [-0.3, -0.25) is 4.79 Å². The minimum absolute atomic E-state index is 0.161. The highest BCUT2D eigenvalue weighted by atomic mass is 35.5. The molecular formula is C14H14ClF2NO3. The second-order valence-electron chi connectivity index (χ2n) is 4.78. The number of hydrogen-bond acceptors (Lipinski definition) is 3. The van der Waals surface area contributed by atoms with Gasteiger partial charge in [0.25, 0.3) is 5.91 Å². The smallest absolute Gasteiger partial charge is 0.328 e. The van der Waals surface area contributed by atoms with Gasteiger partial charge in [0.15, 0.2) is 11.6 Å². The summed E-state index contributed by atoms with van der Waals surface area (Å²) < 4.78 is 31.1. The molecule has 1 unspecified atom stereocenters. The van der Waals surface area contributed by atoms with Crippen molar-refractivity contribution >= 4 is 23.5 Å². The average molecular weight is 318 g/mol. The molecule has 0 aromatic heterocycles. The molecule has 1 atom stereocenters. The number of carbonyl (C=O) groups excluding carboxylic acids is 2. The Morgan fingerprint density at radius 2 is 1.95 bits per heavy atom. The predicted molar refractivity (Wildman–Crippen MR) is 72.1 cm³/mol. The summed E-state index contributed by atoms with van der Waals surface area (Å²) in [5, 5.41) is -0.187.